The Hall–Kier alpha value is -2.35. The topological polar surface area (TPSA) is 21.6 Å². The zero-order chi connectivity index (χ0) is 14.8. The van der Waals surface area contributed by atoms with Gasteiger partial charge in [0.05, 0.1) is 0 Å². The van der Waals surface area contributed by atoms with Crippen LogP contribution in [0.15, 0.2) is 78.2 Å². The standard InChI is InChI=1S/C19H21NO/c1-2-3-4-11-16-21-20-19(17-12-7-5-8-13-17)18-14-9-6-10-15-18/h5-16H,2-4H2,1H3/b16-11+. The van der Waals surface area contributed by atoms with E-state index < -0.39 is 0 Å². The predicted molar refractivity (Wildman–Crippen MR) is 88.3 cm³/mol. The molecule has 0 aliphatic rings. The van der Waals surface area contributed by atoms with E-state index in [1.807, 2.05) is 66.7 Å². The molecule has 0 amide bonds. The lowest BCUT2D eigenvalue weighted by Gasteiger charge is -2.05. The summed E-state index contributed by atoms with van der Waals surface area (Å²) in [6.07, 6.45) is 7.07. The molecule has 0 heterocycles. The van der Waals surface area contributed by atoms with Crippen LogP contribution in [0.3, 0.4) is 0 Å². The molecule has 2 aromatic rings. The highest BCUT2D eigenvalue weighted by Gasteiger charge is 2.06. The summed E-state index contributed by atoms with van der Waals surface area (Å²) in [5.74, 6) is 0. The van der Waals surface area contributed by atoms with E-state index in [9.17, 15) is 0 Å². The largest absolute Gasteiger partial charge is 0.365 e. The summed E-state index contributed by atoms with van der Waals surface area (Å²) in [6, 6.07) is 20.2. The molecule has 2 nitrogen and oxygen atoms in total. The number of rotatable bonds is 7. The van der Waals surface area contributed by atoms with Crippen molar-refractivity contribution in [3.63, 3.8) is 0 Å². The van der Waals surface area contributed by atoms with Gasteiger partial charge in [-0.1, -0.05) is 79.2 Å². The number of nitrogens with zero attached hydrogens (tertiary/aromatic N) is 1. The molecular weight excluding hydrogens is 258 g/mol. The average molecular weight is 279 g/mol. The maximum Gasteiger partial charge on any atom is 0.118 e. The van der Waals surface area contributed by atoms with E-state index in [0.717, 1.165) is 23.3 Å². The third-order valence-corrected chi connectivity index (χ3v) is 3.12. The minimum absolute atomic E-state index is 0.844. The monoisotopic (exact) mass is 279 g/mol. The van der Waals surface area contributed by atoms with Gasteiger partial charge in [0.1, 0.15) is 12.0 Å². The number of unbranched alkanes of at least 4 members (excludes halogenated alkanes) is 2. The smallest absolute Gasteiger partial charge is 0.118 e. The van der Waals surface area contributed by atoms with Gasteiger partial charge in [0.15, 0.2) is 0 Å². The van der Waals surface area contributed by atoms with Crippen LogP contribution in [0.2, 0.25) is 0 Å². The molecule has 0 atom stereocenters. The van der Waals surface area contributed by atoms with Gasteiger partial charge in [0, 0.05) is 11.1 Å². The fraction of sp³-hybridized carbons (Fsp3) is 0.211. The molecule has 0 saturated heterocycles. The van der Waals surface area contributed by atoms with E-state index in [1.165, 1.54) is 12.8 Å². The van der Waals surface area contributed by atoms with E-state index in [2.05, 4.69) is 12.1 Å². The number of benzene rings is 2. The molecule has 2 rings (SSSR count). The first kappa shape index (κ1) is 15.0. The van der Waals surface area contributed by atoms with Crippen LogP contribution in [-0.4, -0.2) is 5.71 Å². The number of oxime groups is 1. The van der Waals surface area contributed by atoms with Crippen LogP contribution in [0.25, 0.3) is 0 Å². The van der Waals surface area contributed by atoms with Crippen LogP contribution in [0.1, 0.15) is 37.3 Å². The average Bonchev–Trinajstić information content (AvgIpc) is 2.56. The lowest BCUT2D eigenvalue weighted by molar-refractivity contribution is 0.267. The number of allylic oxidation sites excluding steroid dienone is 1. The van der Waals surface area contributed by atoms with E-state index >= 15 is 0 Å². The Bertz CT molecular complexity index is 532. The van der Waals surface area contributed by atoms with Crippen LogP contribution in [-0.2, 0) is 4.84 Å². The molecule has 21 heavy (non-hydrogen) atoms. The molecule has 0 saturated carbocycles. The molecule has 0 unspecified atom stereocenters. The zero-order valence-electron chi connectivity index (χ0n) is 12.4. The van der Waals surface area contributed by atoms with Gasteiger partial charge in [-0.15, -0.1) is 0 Å². The molecule has 0 aromatic heterocycles. The SMILES string of the molecule is CCCC/C=C/ON=C(c1ccccc1)c1ccccc1. The van der Waals surface area contributed by atoms with E-state index in [-0.39, 0.29) is 0 Å². The van der Waals surface area contributed by atoms with Crippen molar-refractivity contribution >= 4 is 5.71 Å². The summed E-state index contributed by atoms with van der Waals surface area (Å²) in [5.41, 5.74) is 2.94. The van der Waals surface area contributed by atoms with Gasteiger partial charge >= 0.3 is 0 Å². The minimum atomic E-state index is 0.844. The van der Waals surface area contributed by atoms with Gasteiger partial charge in [0.2, 0.25) is 0 Å². The third-order valence-electron chi connectivity index (χ3n) is 3.12. The highest BCUT2D eigenvalue weighted by atomic mass is 16.6. The summed E-state index contributed by atoms with van der Waals surface area (Å²) in [7, 11) is 0. The van der Waals surface area contributed by atoms with Crippen LogP contribution < -0.4 is 0 Å². The first-order valence-corrected chi connectivity index (χ1v) is 7.41. The Morgan fingerprint density at radius 1 is 0.952 bits per heavy atom. The second kappa shape index (κ2) is 8.75. The number of hydrogen-bond donors (Lipinski definition) is 0. The van der Waals surface area contributed by atoms with Crippen molar-refractivity contribution in [2.45, 2.75) is 26.2 Å². The summed E-state index contributed by atoms with van der Waals surface area (Å²) in [6.45, 7) is 2.18. The Balaban J connectivity index is 2.15. The summed E-state index contributed by atoms with van der Waals surface area (Å²) in [4.78, 5) is 5.36. The maximum atomic E-state index is 5.36. The molecule has 0 spiro atoms. The van der Waals surface area contributed by atoms with Crippen molar-refractivity contribution in [2.24, 2.45) is 5.16 Å². The van der Waals surface area contributed by atoms with Crippen molar-refractivity contribution in [3.8, 4) is 0 Å². The molecule has 0 radical (unpaired) electrons. The molecule has 108 valence electrons. The van der Waals surface area contributed by atoms with Gasteiger partial charge in [-0.3, -0.25) is 0 Å². The molecule has 0 N–H and O–H groups in total. The molecule has 0 bridgehead atoms. The fourth-order valence-corrected chi connectivity index (χ4v) is 1.98. The van der Waals surface area contributed by atoms with Crippen LogP contribution in [0.4, 0.5) is 0 Å². The Labute approximate surface area is 126 Å². The van der Waals surface area contributed by atoms with Gasteiger partial charge < -0.3 is 4.84 Å². The molecule has 2 aromatic carbocycles. The van der Waals surface area contributed by atoms with Crippen LogP contribution in [0.5, 0.6) is 0 Å². The predicted octanol–water partition coefficient (Wildman–Crippen LogP) is 5.16. The van der Waals surface area contributed by atoms with Gasteiger partial charge in [-0.25, -0.2) is 0 Å². The molecule has 0 aliphatic heterocycles. The first-order chi connectivity index (χ1) is 10.4. The van der Waals surface area contributed by atoms with Crippen molar-refractivity contribution in [2.75, 3.05) is 0 Å². The van der Waals surface area contributed by atoms with Crippen LogP contribution >= 0.6 is 0 Å². The highest BCUT2D eigenvalue weighted by Crippen LogP contribution is 2.11. The third kappa shape index (κ3) is 4.92. The summed E-state index contributed by atoms with van der Waals surface area (Å²) in [5, 5.41) is 4.29. The lowest BCUT2D eigenvalue weighted by atomic mass is 10.0. The molecule has 0 fully saturated rings. The Morgan fingerprint density at radius 2 is 1.52 bits per heavy atom. The van der Waals surface area contributed by atoms with Gasteiger partial charge in [-0.05, 0) is 18.9 Å². The number of hydrogen-bond acceptors (Lipinski definition) is 2. The van der Waals surface area contributed by atoms with Crippen molar-refractivity contribution in [3.05, 3.63) is 84.1 Å². The van der Waals surface area contributed by atoms with Crippen LogP contribution in [0, 0.1) is 0 Å². The van der Waals surface area contributed by atoms with Crippen molar-refractivity contribution in [1.82, 2.24) is 0 Å². The first-order valence-electron chi connectivity index (χ1n) is 7.41. The van der Waals surface area contributed by atoms with Crippen molar-refractivity contribution in [1.29, 1.82) is 0 Å². The lowest BCUT2D eigenvalue weighted by Crippen LogP contribution is -2.03. The van der Waals surface area contributed by atoms with Crippen molar-refractivity contribution < 1.29 is 4.84 Å². The van der Waals surface area contributed by atoms with Gasteiger partial charge in [-0.2, -0.15) is 0 Å². The second-order valence-electron chi connectivity index (χ2n) is 4.79. The van der Waals surface area contributed by atoms with E-state index in [0.29, 0.717) is 0 Å². The molecule has 2 heteroatoms. The Kier molecular flexibility index (Phi) is 6.27. The molecule has 0 aliphatic carbocycles. The van der Waals surface area contributed by atoms with E-state index in [1.54, 1.807) is 6.26 Å². The fourth-order valence-electron chi connectivity index (χ4n) is 1.98. The minimum Gasteiger partial charge on any atom is -0.365 e. The maximum absolute atomic E-state index is 5.36. The highest BCUT2D eigenvalue weighted by molar-refractivity contribution is 6.12. The van der Waals surface area contributed by atoms with Gasteiger partial charge in [0.25, 0.3) is 0 Å². The zero-order valence-corrected chi connectivity index (χ0v) is 12.4. The summed E-state index contributed by atoms with van der Waals surface area (Å²) >= 11 is 0. The Morgan fingerprint density at radius 3 is 2.05 bits per heavy atom. The van der Waals surface area contributed by atoms with E-state index in [4.69, 9.17) is 4.84 Å². The normalized spacial score (nSPS) is 10.5. The summed E-state index contributed by atoms with van der Waals surface area (Å²) < 4.78 is 0. The molecular formula is C19H21NO. The quantitative estimate of drug-likeness (QED) is 0.297. The second-order valence-corrected chi connectivity index (χ2v) is 4.79.